The summed E-state index contributed by atoms with van der Waals surface area (Å²) in [4.78, 5) is 14.1. The monoisotopic (exact) mass is 309 g/mol. The van der Waals surface area contributed by atoms with E-state index in [9.17, 15) is 4.79 Å². The number of rotatable bonds is 4. The molecule has 23 heavy (non-hydrogen) atoms. The lowest BCUT2D eigenvalue weighted by Gasteiger charge is -2.25. The zero-order valence-corrected chi connectivity index (χ0v) is 13.0. The molecule has 1 unspecified atom stereocenters. The molecular weight excluding hydrogens is 290 g/mol. The first-order valence-corrected chi connectivity index (χ1v) is 7.56. The lowest BCUT2D eigenvalue weighted by atomic mass is 10.1. The van der Waals surface area contributed by atoms with Gasteiger partial charge in [-0.2, -0.15) is 0 Å². The van der Waals surface area contributed by atoms with E-state index in [1.54, 1.807) is 12.0 Å². The van der Waals surface area contributed by atoms with Crippen molar-refractivity contribution < 1.29 is 14.3 Å². The predicted molar refractivity (Wildman–Crippen MR) is 88.2 cm³/mol. The molecule has 4 heteroatoms. The van der Waals surface area contributed by atoms with Crippen molar-refractivity contribution in [3.63, 3.8) is 0 Å². The topological polar surface area (TPSA) is 38.8 Å². The van der Waals surface area contributed by atoms with E-state index in [-0.39, 0.29) is 18.7 Å². The molecule has 1 atom stereocenters. The van der Waals surface area contributed by atoms with Gasteiger partial charge in [-0.1, -0.05) is 60.7 Å². The fourth-order valence-corrected chi connectivity index (χ4v) is 2.69. The molecule has 2 aromatic rings. The van der Waals surface area contributed by atoms with Crippen molar-refractivity contribution in [2.75, 3.05) is 13.7 Å². The van der Waals surface area contributed by atoms with Crippen molar-refractivity contribution in [3.05, 3.63) is 77.9 Å². The van der Waals surface area contributed by atoms with Crippen LogP contribution in [-0.4, -0.2) is 24.6 Å². The number of hydrogen-bond donors (Lipinski definition) is 0. The Kier molecular flexibility index (Phi) is 4.62. The van der Waals surface area contributed by atoms with E-state index >= 15 is 0 Å². The number of amides is 1. The molecule has 0 radical (unpaired) electrons. The lowest BCUT2D eigenvalue weighted by Crippen LogP contribution is -2.31. The largest absolute Gasteiger partial charge is 0.496 e. The predicted octanol–water partition coefficient (Wildman–Crippen LogP) is 3.94. The van der Waals surface area contributed by atoms with Gasteiger partial charge in [0.1, 0.15) is 12.4 Å². The lowest BCUT2D eigenvalue weighted by molar-refractivity contribution is 0.0946. The number of carbonyl (C=O) groups is 1. The molecule has 1 heterocycles. The summed E-state index contributed by atoms with van der Waals surface area (Å²) in [6, 6.07) is 17.2. The van der Waals surface area contributed by atoms with Crippen LogP contribution in [0.2, 0.25) is 0 Å². The Labute approximate surface area is 135 Å². The summed E-state index contributed by atoms with van der Waals surface area (Å²) in [6.07, 6.45) is 3.65. The van der Waals surface area contributed by atoms with Crippen molar-refractivity contribution >= 4 is 6.09 Å². The molecule has 4 nitrogen and oxygen atoms in total. The Hall–Kier alpha value is -2.75. The Balaban J connectivity index is 1.70. The molecule has 3 rings (SSSR count). The van der Waals surface area contributed by atoms with E-state index < -0.39 is 0 Å². The molecule has 2 aromatic carbocycles. The first-order chi connectivity index (χ1) is 11.3. The maximum Gasteiger partial charge on any atom is 0.411 e. The average Bonchev–Trinajstić information content (AvgIpc) is 3.10. The molecule has 0 bridgehead atoms. The van der Waals surface area contributed by atoms with Crippen LogP contribution in [0.4, 0.5) is 4.79 Å². The molecule has 0 N–H and O–H groups in total. The summed E-state index contributed by atoms with van der Waals surface area (Å²) in [5.41, 5.74) is 1.93. The van der Waals surface area contributed by atoms with Crippen LogP contribution in [0.25, 0.3) is 0 Å². The van der Waals surface area contributed by atoms with Crippen LogP contribution in [0.15, 0.2) is 66.7 Å². The highest BCUT2D eigenvalue weighted by atomic mass is 16.6. The number of carbonyl (C=O) groups excluding carboxylic acids is 1. The highest BCUT2D eigenvalue weighted by Gasteiger charge is 2.29. The Morgan fingerprint density at radius 2 is 1.87 bits per heavy atom. The summed E-state index contributed by atoms with van der Waals surface area (Å²) >= 11 is 0. The van der Waals surface area contributed by atoms with Crippen molar-refractivity contribution in [3.8, 4) is 5.75 Å². The Morgan fingerprint density at radius 3 is 2.65 bits per heavy atom. The first-order valence-electron chi connectivity index (χ1n) is 7.56. The van der Waals surface area contributed by atoms with E-state index in [0.29, 0.717) is 6.54 Å². The van der Waals surface area contributed by atoms with Crippen LogP contribution in [-0.2, 0) is 11.3 Å². The number of ether oxygens (including phenoxy) is 2. The molecule has 0 spiro atoms. The number of methoxy groups -OCH3 is 1. The number of hydrogen-bond acceptors (Lipinski definition) is 3. The van der Waals surface area contributed by atoms with E-state index in [1.165, 1.54) is 0 Å². The van der Waals surface area contributed by atoms with E-state index in [2.05, 4.69) is 0 Å². The summed E-state index contributed by atoms with van der Waals surface area (Å²) in [5, 5.41) is 0. The van der Waals surface area contributed by atoms with Crippen molar-refractivity contribution in [1.29, 1.82) is 0 Å². The van der Waals surface area contributed by atoms with Gasteiger partial charge < -0.3 is 9.47 Å². The normalized spacial score (nSPS) is 16.4. The average molecular weight is 309 g/mol. The minimum atomic E-state index is -0.324. The molecule has 1 aliphatic rings. The van der Waals surface area contributed by atoms with Gasteiger partial charge >= 0.3 is 6.09 Å². The second-order valence-corrected chi connectivity index (χ2v) is 5.31. The Morgan fingerprint density at radius 1 is 1.13 bits per heavy atom. The quantitative estimate of drug-likeness (QED) is 0.803. The third-order valence-electron chi connectivity index (χ3n) is 3.85. The van der Waals surface area contributed by atoms with E-state index in [4.69, 9.17) is 9.47 Å². The second-order valence-electron chi connectivity index (χ2n) is 5.31. The molecule has 1 aliphatic heterocycles. The van der Waals surface area contributed by atoms with Crippen LogP contribution >= 0.6 is 0 Å². The van der Waals surface area contributed by atoms with Crippen LogP contribution in [0.1, 0.15) is 17.2 Å². The molecule has 0 saturated heterocycles. The smallest absolute Gasteiger partial charge is 0.411 e. The van der Waals surface area contributed by atoms with Crippen LogP contribution in [0.3, 0.4) is 0 Å². The molecule has 1 amide bonds. The van der Waals surface area contributed by atoms with Gasteiger partial charge in [-0.05, 0) is 11.6 Å². The highest BCUT2D eigenvalue weighted by molar-refractivity contribution is 5.70. The second kappa shape index (κ2) is 7.01. The third-order valence-corrected chi connectivity index (χ3v) is 3.85. The van der Waals surface area contributed by atoms with E-state index in [1.807, 2.05) is 66.7 Å². The minimum Gasteiger partial charge on any atom is -0.496 e. The maximum atomic E-state index is 12.4. The molecule has 118 valence electrons. The van der Waals surface area contributed by atoms with Gasteiger partial charge in [0, 0.05) is 12.1 Å². The van der Waals surface area contributed by atoms with Gasteiger partial charge in [0.2, 0.25) is 0 Å². The van der Waals surface area contributed by atoms with Crippen LogP contribution in [0.5, 0.6) is 5.75 Å². The van der Waals surface area contributed by atoms with Crippen LogP contribution in [0, 0.1) is 0 Å². The molecule has 0 saturated carbocycles. The third kappa shape index (κ3) is 3.37. The maximum absolute atomic E-state index is 12.4. The Bertz CT molecular complexity index is 697. The number of benzene rings is 2. The van der Waals surface area contributed by atoms with Gasteiger partial charge in [0.25, 0.3) is 0 Å². The standard InChI is InChI=1S/C19H19NO3/c1-22-18-12-6-5-10-16(18)17-11-7-13-20(17)19(21)23-14-15-8-3-2-4-9-15/h2-12,17H,13-14H2,1H3. The minimum absolute atomic E-state index is 0.158. The zero-order chi connectivity index (χ0) is 16.1. The molecular formula is C19H19NO3. The van der Waals surface area contributed by atoms with Crippen molar-refractivity contribution in [1.82, 2.24) is 4.90 Å². The summed E-state index contributed by atoms with van der Waals surface area (Å²) in [7, 11) is 1.63. The molecule has 0 fully saturated rings. The molecule has 0 aromatic heterocycles. The first kappa shape index (κ1) is 15.2. The van der Waals surface area contributed by atoms with Crippen molar-refractivity contribution in [2.45, 2.75) is 12.6 Å². The summed E-state index contributed by atoms with van der Waals surface area (Å²) in [6.45, 7) is 0.811. The fraction of sp³-hybridized carbons (Fsp3) is 0.211. The van der Waals surface area contributed by atoms with Gasteiger partial charge in [0.05, 0.1) is 13.2 Å². The summed E-state index contributed by atoms with van der Waals surface area (Å²) in [5.74, 6) is 0.768. The highest BCUT2D eigenvalue weighted by Crippen LogP contribution is 2.33. The number of para-hydroxylation sites is 1. The summed E-state index contributed by atoms with van der Waals surface area (Å²) < 4.78 is 10.8. The number of nitrogens with zero attached hydrogens (tertiary/aromatic N) is 1. The van der Waals surface area contributed by atoms with Gasteiger partial charge in [0.15, 0.2) is 0 Å². The van der Waals surface area contributed by atoms with Gasteiger partial charge in [-0.3, -0.25) is 4.90 Å². The van der Waals surface area contributed by atoms with Crippen LogP contribution < -0.4 is 4.74 Å². The fourth-order valence-electron chi connectivity index (χ4n) is 2.69. The molecule has 0 aliphatic carbocycles. The van der Waals surface area contributed by atoms with E-state index in [0.717, 1.165) is 16.9 Å². The van der Waals surface area contributed by atoms with Gasteiger partial charge in [-0.15, -0.1) is 0 Å². The van der Waals surface area contributed by atoms with Crippen molar-refractivity contribution in [2.24, 2.45) is 0 Å². The zero-order valence-electron chi connectivity index (χ0n) is 13.0. The van der Waals surface area contributed by atoms with Gasteiger partial charge in [-0.25, -0.2) is 4.79 Å². The SMILES string of the molecule is COc1ccccc1C1C=CCN1C(=O)OCc1ccccc1.